The van der Waals surface area contributed by atoms with Crippen molar-refractivity contribution in [2.45, 2.75) is 20.4 Å². The highest BCUT2D eigenvalue weighted by atomic mass is 127. The molecule has 28 heavy (non-hydrogen) atoms. The molecule has 8 heteroatoms. The Morgan fingerprint density at radius 3 is 2.36 bits per heavy atom. The number of aliphatic imine (C=N–C) groups is 1. The van der Waals surface area contributed by atoms with E-state index in [1.807, 2.05) is 43.0 Å². The average molecular weight is 503 g/mol. The van der Waals surface area contributed by atoms with Crippen LogP contribution < -0.4 is 10.6 Å². The maximum Gasteiger partial charge on any atom is 0.253 e. The second-order valence-electron chi connectivity index (χ2n) is 6.48. The molecule has 0 atom stereocenters. The Morgan fingerprint density at radius 1 is 1.14 bits per heavy atom. The molecule has 1 heterocycles. The summed E-state index contributed by atoms with van der Waals surface area (Å²) in [6.07, 6.45) is 0. The monoisotopic (exact) mass is 503 g/mol. The van der Waals surface area contributed by atoms with Crippen molar-refractivity contribution in [3.05, 3.63) is 35.4 Å². The van der Waals surface area contributed by atoms with E-state index in [9.17, 15) is 4.79 Å². The van der Waals surface area contributed by atoms with Crippen LogP contribution in [0.3, 0.4) is 0 Å². The normalized spacial score (nSPS) is 14.9. The number of nitrogens with zero attached hydrogens (tertiary/aromatic N) is 3. The Labute approximate surface area is 185 Å². The summed E-state index contributed by atoms with van der Waals surface area (Å²) in [5.74, 6) is 0.867. The van der Waals surface area contributed by atoms with E-state index >= 15 is 0 Å². The molecule has 1 aliphatic heterocycles. The van der Waals surface area contributed by atoms with Gasteiger partial charge in [0.15, 0.2) is 5.96 Å². The Balaban J connectivity index is 0.00000392. The van der Waals surface area contributed by atoms with Gasteiger partial charge in [-0.05, 0) is 31.5 Å². The van der Waals surface area contributed by atoms with Gasteiger partial charge in [-0.1, -0.05) is 12.1 Å². The fourth-order valence-electron chi connectivity index (χ4n) is 3.02. The fourth-order valence-corrected chi connectivity index (χ4v) is 3.02. The van der Waals surface area contributed by atoms with E-state index in [0.29, 0.717) is 6.54 Å². The second kappa shape index (κ2) is 13.7. The van der Waals surface area contributed by atoms with Gasteiger partial charge in [-0.15, -0.1) is 24.0 Å². The number of carbonyl (C=O) groups excluding carboxylic acids is 1. The van der Waals surface area contributed by atoms with Crippen molar-refractivity contribution in [3.8, 4) is 0 Å². The Kier molecular flexibility index (Phi) is 12.1. The summed E-state index contributed by atoms with van der Waals surface area (Å²) in [4.78, 5) is 20.8. The van der Waals surface area contributed by atoms with E-state index in [-0.39, 0.29) is 29.9 Å². The highest BCUT2D eigenvalue weighted by molar-refractivity contribution is 14.0. The molecule has 2 N–H and O–H groups in total. The summed E-state index contributed by atoms with van der Waals surface area (Å²) >= 11 is 0. The lowest BCUT2D eigenvalue weighted by Crippen LogP contribution is -2.44. The van der Waals surface area contributed by atoms with Crippen LogP contribution in [0, 0.1) is 0 Å². The number of morpholine rings is 1. The third-order valence-corrected chi connectivity index (χ3v) is 4.76. The number of amides is 1. The molecule has 0 aliphatic carbocycles. The van der Waals surface area contributed by atoms with E-state index < -0.39 is 0 Å². The summed E-state index contributed by atoms with van der Waals surface area (Å²) in [5.41, 5.74) is 1.85. The van der Waals surface area contributed by atoms with Crippen LogP contribution in [0.1, 0.15) is 29.8 Å². The first-order valence-electron chi connectivity index (χ1n) is 9.80. The molecule has 1 fully saturated rings. The maximum atomic E-state index is 12.3. The molecule has 0 aromatic heterocycles. The van der Waals surface area contributed by atoms with E-state index in [2.05, 4.69) is 20.5 Å². The maximum absolute atomic E-state index is 12.3. The van der Waals surface area contributed by atoms with Gasteiger partial charge >= 0.3 is 0 Å². The van der Waals surface area contributed by atoms with Crippen LogP contribution in [0.25, 0.3) is 0 Å². The van der Waals surface area contributed by atoms with Crippen molar-refractivity contribution in [1.82, 2.24) is 20.4 Å². The van der Waals surface area contributed by atoms with Gasteiger partial charge in [-0.3, -0.25) is 14.7 Å². The quantitative estimate of drug-likeness (QED) is 0.322. The van der Waals surface area contributed by atoms with Gasteiger partial charge in [-0.25, -0.2) is 0 Å². The zero-order valence-corrected chi connectivity index (χ0v) is 19.6. The molecule has 1 aromatic rings. The molecule has 7 nitrogen and oxygen atoms in total. The number of halogens is 1. The highest BCUT2D eigenvalue weighted by Gasteiger charge is 2.12. The van der Waals surface area contributed by atoms with Crippen LogP contribution in [-0.4, -0.2) is 81.2 Å². The van der Waals surface area contributed by atoms with Crippen molar-refractivity contribution in [3.63, 3.8) is 0 Å². The number of ether oxygens (including phenoxy) is 1. The lowest BCUT2D eigenvalue weighted by Gasteiger charge is -2.26. The minimum absolute atomic E-state index is 0. The second-order valence-corrected chi connectivity index (χ2v) is 6.48. The van der Waals surface area contributed by atoms with Gasteiger partial charge in [0, 0.05) is 58.4 Å². The summed E-state index contributed by atoms with van der Waals surface area (Å²) < 4.78 is 5.36. The molecule has 1 amide bonds. The van der Waals surface area contributed by atoms with Crippen molar-refractivity contribution < 1.29 is 9.53 Å². The lowest BCUT2D eigenvalue weighted by atomic mass is 10.1. The molecule has 1 aromatic carbocycles. The van der Waals surface area contributed by atoms with E-state index in [1.165, 1.54) is 0 Å². The third-order valence-electron chi connectivity index (χ3n) is 4.76. The van der Waals surface area contributed by atoms with E-state index in [4.69, 9.17) is 4.74 Å². The first kappa shape index (κ1) is 24.6. The predicted molar refractivity (Wildman–Crippen MR) is 125 cm³/mol. The van der Waals surface area contributed by atoms with Crippen molar-refractivity contribution >= 4 is 35.8 Å². The van der Waals surface area contributed by atoms with Gasteiger partial charge in [-0.2, -0.15) is 0 Å². The molecule has 0 bridgehead atoms. The number of guanidine groups is 1. The number of rotatable bonds is 8. The van der Waals surface area contributed by atoms with Gasteiger partial charge in [0.25, 0.3) is 5.91 Å². The number of carbonyl (C=O) groups is 1. The first-order chi connectivity index (χ1) is 13.2. The van der Waals surface area contributed by atoms with E-state index in [0.717, 1.165) is 69.6 Å². The third kappa shape index (κ3) is 7.92. The standard InChI is InChI=1S/C20H33N5O2.HI/c1-4-25(5-2)19(26)18-8-6-17(7-9-18)16-23-20(21-3)22-10-11-24-12-14-27-15-13-24;/h6-9H,4-5,10-16H2,1-3H3,(H2,21,22,23);1H. The lowest BCUT2D eigenvalue weighted by molar-refractivity contribution is 0.0389. The summed E-state index contributed by atoms with van der Waals surface area (Å²) in [5, 5.41) is 6.66. The largest absolute Gasteiger partial charge is 0.379 e. The predicted octanol–water partition coefficient (Wildman–Crippen LogP) is 1.78. The number of hydrogen-bond donors (Lipinski definition) is 2. The number of nitrogens with one attached hydrogen (secondary N) is 2. The van der Waals surface area contributed by atoms with Gasteiger partial charge in [0.05, 0.1) is 13.2 Å². The number of hydrogen-bond acceptors (Lipinski definition) is 4. The van der Waals surface area contributed by atoms with Crippen molar-refractivity contribution in [2.75, 3.05) is 59.5 Å². The average Bonchev–Trinajstić information content (AvgIpc) is 2.72. The zero-order valence-electron chi connectivity index (χ0n) is 17.2. The van der Waals surface area contributed by atoms with Gasteiger partial charge < -0.3 is 20.3 Å². The Bertz CT molecular complexity index is 599. The molecule has 1 saturated heterocycles. The minimum atomic E-state index is 0. The molecule has 1 aliphatic rings. The van der Waals surface area contributed by atoms with E-state index in [1.54, 1.807) is 7.05 Å². The number of benzene rings is 1. The highest BCUT2D eigenvalue weighted by Crippen LogP contribution is 2.08. The molecule has 158 valence electrons. The van der Waals surface area contributed by atoms with Crippen LogP contribution in [0.2, 0.25) is 0 Å². The minimum Gasteiger partial charge on any atom is -0.379 e. The topological polar surface area (TPSA) is 69.2 Å². The van der Waals surface area contributed by atoms with Gasteiger partial charge in [0.1, 0.15) is 0 Å². The summed E-state index contributed by atoms with van der Waals surface area (Å²) in [6, 6.07) is 7.77. The molecule has 0 spiro atoms. The SMILES string of the molecule is CCN(CC)C(=O)c1ccc(CNC(=NC)NCCN2CCOCC2)cc1.I. The molecule has 2 rings (SSSR count). The molecular formula is C20H34IN5O2. The van der Waals surface area contributed by atoms with Crippen LogP contribution in [0.4, 0.5) is 0 Å². The molecule has 0 radical (unpaired) electrons. The zero-order chi connectivity index (χ0) is 19.5. The fraction of sp³-hybridized carbons (Fsp3) is 0.600. The van der Waals surface area contributed by atoms with Crippen LogP contribution in [0.15, 0.2) is 29.3 Å². The van der Waals surface area contributed by atoms with Crippen molar-refractivity contribution in [2.24, 2.45) is 4.99 Å². The Hall–Kier alpha value is -1.39. The van der Waals surface area contributed by atoms with Crippen LogP contribution >= 0.6 is 24.0 Å². The molecular weight excluding hydrogens is 469 g/mol. The summed E-state index contributed by atoms with van der Waals surface area (Å²) in [7, 11) is 1.77. The summed E-state index contributed by atoms with van der Waals surface area (Å²) in [6.45, 7) is 11.6. The first-order valence-corrected chi connectivity index (χ1v) is 9.80. The smallest absolute Gasteiger partial charge is 0.253 e. The van der Waals surface area contributed by atoms with Gasteiger partial charge in [0.2, 0.25) is 0 Å². The molecule has 0 unspecified atom stereocenters. The van der Waals surface area contributed by atoms with Crippen LogP contribution in [-0.2, 0) is 11.3 Å². The molecule has 0 saturated carbocycles. The van der Waals surface area contributed by atoms with Crippen molar-refractivity contribution in [1.29, 1.82) is 0 Å². The van der Waals surface area contributed by atoms with Crippen LogP contribution in [0.5, 0.6) is 0 Å². The Morgan fingerprint density at radius 2 is 1.79 bits per heavy atom.